The smallest absolute Gasteiger partial charge is 0.410 e. The van der Waals surface area contributed by atoms with Gasteiger partial charge in [-0.2, -0.15) is 0 Å². The van der Waals surface area contributed by atoms with Gasteiger partial charge in [0.05, 0.1) is 18.1 Å². The van der Waals surface area contributed by atoms with E-state index in [0.29, 0.717) is 24.7 Å². The Hall–Kier alpha value is -2.83. The fourth-order valence-corrected chi connectivity index (χ4v) is 2.75. The molecule has 1 saturated heterocycles. The Kier molecular flexibility index (Phi) is 5.48. The number of benzene rings is 1. The number of piperazine rings is 1. The zero-order valence-corrected chi connectivity index (χ0v) is 16.3. The third kappa shape index (κ3) is 5.32. The van der Waals surface area contributed by atoms with E-state index in [0.717, 1.165) is 24.5 Å². The average molecular weight is 370 g/mol. The van der Waals surface area contributed by atoms with Crippen molar-refractivity contribution < 1.29 is 14.3 Å². The summed E-state index contributed by atoms with van der Waals surface area (Å²) in [5.74, 6) is 1.18. The average Bonchev–Trinajstić information content (AvgIpc) is 2.63. The van der Waals surface area contributed by atoms with Crippen molar-refractivity contribution >= 4 is 11.8 Å². The highest BCUT2D eigenvalue weighted by Gasteiger charge is 2.25. The molecule has 1 aliphatic rings. The van der Waals surface area contributed by atoms with Crippen LogP contribution in [0.5, 0.6) is 11.6 Å². The Balaban J connectivity index is 1.54. The molecule has 0 bridgehead atoms. The molecule has 1 aromatic heterocycles. The highest BCUT2D eigenvalue weighted by Crippen LogP contribution is 2.24. The summed E-state index contributed by atoms with van der Waals surface area (Å²) in [6.45, 7) is 10.4. The van der Waals surface area contributed by atoms with Gasteiger partial charge in [0.2, 0.25) is 5.88 Å². The number of carbonyl (C=O) groups excluding carboxylic acids is 1. The molecule has 1 amide bonds. The lowest BCUT2D eigenvalue weighted by Gasteiger charge is -2.36. The number of nitrogens with zero attached hydrogens (tertiary/aromatic N) is 4. The maximum Gasteiger partial charge on any atom is 0.410 e. The number of hydrogen-bond acceptors (Lipinski definition) is 6. The number of rotatable bonds is 3. The van der Waals surface area contributed by atoms with Crippen molar-refractivity contribution in [2.24, 2.45) is 0 Å². The van der Waals surface area contributed by atoms with E-state index in [2.05, 4.69) is 14.9 Å². The second-order valence-electron chi connectivity index (χ2n) is 7.55. The van der Waals surface area contributed by atoms with E-state index in [4.69, 9.17) is 9.47 Å². The van der Waals surface area contributed by atoms with Crippen molar-refractivity contribution in [1.29, 1.82) is 0 Å². The maximum atomic E-state index is 12.2. The van der Waals surface area contributed by atoms with Crippen molar-refractivity contribution in [2.75, 3.05) is 31.1 Å². The maximum absolute atomic E-state index is 12.2. The summed E-state index contributed by atoms with van der Waals surface area (Å²) < 4.78 is 11.1. The van der Waals surface area contributed by atoms with Crippen molar-refractivity contribution in [2.45, 2.75) is 33.3 Å². The zero-order valence-electron chi connectivity index (χ0n) is 16.3. The molecule has 1 fully saturated rings. The van der Waals surface area contributed by atoms with Crippen LogP contribution in [0.4, 0.5) is 10.5 Å². The lowest BCUT2D eigenvalue weighted by atomic mass is 10.2. The molecule has 0 unspecified atom stereocenters. The van der Waals surface area contributed by atoms with Gasteiger partial charge >= 0.3 is 6.09 Å². The van der Waals surface area contributed by atoms with Crippen LogP contribution in [0.25, 0.3) is 0 Å². The molecule has 0 radical (unpaired) electrons. The first-order valence-electron chi connectivity index (χ1n) is 9.10. The van der Waals surface area contributed by atoms with E-state index in [9.17, 15) is 4.79 Å². The quantitative estimate of drug-likeness (QED) is 0.822. The molecule has 7 nitrogen and oxygen atoms in total. The molecule has 27 heavy (non-hydrogen) atoms. The SMILES string of the molecule is Cc1cnc(Oc2ccc(N3CCN(C(=O)OC(C)(C)C)CC3)cc2)cn1. The summed E-state index contributed by atoms with van der Waals surface area (Å²) in [7, 11) is 0. The fourth-order valence-electron chi connectivity index (χ4n) is 2.75. The van der Waals surface area contributed by atoms with Crippen LogP contribution in [-0.4, -0.2) is 52.7 Å². The monoisotopic (exact) mass is 370 g/mol. The van der Waals surface area contributed by atoms with Crippen LogP contribution in [0.1, 0.15) is 26.5 Å². The molecule has 2 heterocycles. The third-order valence-corrected chi connectivity index (χ3v) is 4.11. The first-order chi connectivity index (χ1) is 12.8. The minimum Gasteiger partial charge on any atom is -0.444 e. The van der Waals surface area contributed by atoms with Gasteiger partial charge in [-0.25, -0.2) is 9.78 Å². The summed E-state index contributed by atoms with van der Waals surface area (Å²) in [6, 6.07) is 7.86. The molecular formula is C20H26N4O3. The van der Waals surface area contributed by atoms with Crippen LogP contribution in [0.3, 0.4) is 0 Å². The molecular weight excluding hydrogens is 344 g/mol. The van der Waals surface area contributed by atoms with E-state index in [1.807, 2.05) is 52.0 Å². The molecule has 0 spiro atoms. The summed E-state index contributed by atoms with van der Waals surface area (Å²) in [4.78, 5) is 24.5. The van der Waals surface area contributed by atoms with Crippen LogP contribution in [0.2, 0.25) is 0 Å². The van der Waals surface area contributed by atoms with Gasteiger partial charge in [-0.3, -0.25) is 4.98 Å². The highest BCUT2D eigenvalue weighted by molar-refractivity contribution is 5.68. The van der Waals surface area contributed by atoms with E-state index in [-0.39, 0.29) is 6.09 Å². The first-order valence-corrected chi connectivity index (χ1v) is 9.10. The fraction of sp³-hybridized carbons (Fsp3) is 0.450. The van der Waals surface area contributed by atoms with Gasteiger partial charge in [0.1, 0.15) is 11.4 Å². The third-order valence-electron chi connectivity index (χ3n) is 4.11. The number of hydrogen-bond donors (Lipinski definition) is 0. The lowest BCUT2D eigenvalue weighted by molar-refractivity contribution is 0.0240. The minimum atomic E-state index is -0.466. The predicted molar refractivity (Wildman–Crippen MR) is 103 cm³/mol. The van der Waals surface area contributed by atoms with Gasteiger partial charge in [-0.1, -0.05) is 0 Å². The molecule has 0 saturated carbocycles. The topological polar surface area (TPSA) is 67.8 Å². The van der Waals surface area contributed by atoms with Gasteiger partial charge in [-0.05, 0) is 52.0 Å². The van der Waals surface area contributed by atoms with Gasteiger partial charge < -0.3 is 19.3 Å². The van der Waals surface area contributed by atoms with Crippen molar-refractivity contribution in [3.8, 4) is 11.6 Å². The molecule has 0 N–H and O–H groups in total. The largest absolute Gasteiger partial charge is 0.444 e. The number of aryl methyl sites for hydroxylation is 1. The Morgan fingerprint density at radius 3 is 2.22 bits per heavy atom. The number of anilines is 1. The highest BCUT2D eigenvalue weighted by atomic mass is 16.6. The van der Waals surface area contributed by atoms with Gasteiger partial charge in [0.25, 0.3) is 0 Å². The second kappa shape index (κ2) is 7.82. The van der Waals surface area contributed by atoms with Crippen molar-refractivity contribution in [1.82, 2.24) is 14.9 Å². The Bertz CT molecular complexity index is 761. The second-order valence-corrected chi connectivity index (χ2v) is 7.55. The van der Waals surface area contributed by atoms with E-state index in [1.54, 1.807) is 17.3 Å². The predicted octanol–water partition coefficient (Wildman–Crippen LogP) is 3.63. The standard InChI is InChI=1S/C20H26N4O3/c1-15-13-22-18(14-21-15)26-17-7-5-16(6-8-17)23-9-11-24(12-10-23)19(25)27-20(2,3)4/h5-8,13-14H,9-12H2,1-4H3. The van der Waals surface area contributed by atoms with Crippen LogP contribution in [0.15, 0.2) is 36.7 Å². The van der Waals surface area contributed by atoms with Crippen LogP contribution in [0, 0.1) is 6.92 Å². The molecule has 3 rings (SSSR count). The zero-order chi connectivity index (χ0) is 19.4. The van der Waals surface area contributed by atoms with Gasteiger partial charge in [0, 0.05) is 31.9 Å². The number of aromatic nitrogens is 2. The van der Waals surface area contributed by atoms with Crippen molar-refractivity contribution in [3.05, 3.63) is 42.4 Å². The number of ether oxygens (including phenoxy) is 2. The van der Waals surface area contributed by atoms with E-state index in [1.165, 1.54) is 0 Å². The Morgan fingerprint density at radius 1 is 1.00 bits per heavy atom. The number of carbonyl (C=O) groups is 1. The Morgan fingerprint density at radius 2 is 1.67 bits per heavy atom. The van der Waals surface area contributed by atoms with Crippen molar-refractivity contribution in [3.63, 3.8) is 0 Å². The van der Waals surface area contributed by atoms with Gasteiger partial charge in [-0.15, -0.1) is 0 Å². The summed E-state index contributed by atoms with van der Waals surface area (Å²) >= 11 is 0. The van der Waals surface area contributed by atoms with E-state index >= 15 is 0 Å². The van der Waals surface area contributed by atoms with Gasteiger partial charge in [0.15, 0.2) is 0 Å². The lowest BCUT2D eigenvalue weighted by Crippen LogP contribution is -2.50. The van der Waals surface area contributed by atoms with E-state index < -0.39 is 5.60 Å². The Labute approximate surface area is 159 Å². The summed E-state index contributed by atoms with van der Waals surface area (Å²) in [6.07, 6.45) is 3.04. The first kappa shape index (κ1) is 18.9. The minimum absolute atomic E-state index is 0.245. The summed E-state index contributed by atoms with van der Waals surface area (Å²) in [5.41, 5.74) is 1.48. The molecule has 0 aliphatic carbocycles. The summed E-state index contributed by atoms with van der Waals surface area (Å²) in [5, 5.41) is 0. The molecule has 1 aliphatic heterocycles. The van der Waals surface area contributed by atoms with Crippen LogP contribution in [-0.2, 0) is 4.74 Å². The molecule has 2 aromatic rings. The van der Waals surface area contributed by atoms with Crippen LogP contribution < -0.4 is 9.64 Å². The van der Waals surface area contributed by atoms with Crippen LogP contribution >= 0.6 is 0 Å². The molecule has 7 heteroatoms. The molecule has 144 valence electrons. The molecule has 1 aromatic carbocycles. The number of amides is 1. The molecule has 0 atom stereocenters. The normalized spacial score (nSPS) is 14.8.